The monoisotopic (exact) mass is 612 g/mol. The fourth-order valence-corrected chi connectivity index (χ4v) is 4.42. The Morgan fingerprint density at radius 1 is 1.00 bits per heavy atom. The molecule has 0 aliphatic heterocycles. The van der Waals surface area contributed by atoms with Crippen LogP contribution in [0.3, 0.4) is 0 Å². The molecule has 3 aromatic rings. The largest absolute Gasteiger partial charge is 0.389 e. The third-order valence-electron chi connectivity index (χ3n) is 7.25. The van der Waals surface area contributed by atoms with Crippen LogP contribution in [-0.2, 0) is 17.9 Å². The lowest BCUT2D eigenvalue weighted by atomic mass is 9.81. The number of fused-ring (bicyclic) bond motifs is 1. The summed E-state index contributed by atoms with van der Waals surface area (Å²) in [7, 11) is 0. The number of rotatable bonds is 8. The molecule has 6 rings (SSSR count). The van der Waals surface area contributed by atoms with E-state index in [0.29, 0.717) is 41.0 Å². The lowest BCUT2D eigenvalue weighted by Gasteiger charge is -2.23. The Hall–Kier alpha value is -3.58. The predicted molar refractivity (Wildman–Crippen MR) is 146 cm³/mol. The summed E-state index contributed by atoms with van der Waals surface area (Å²) < 4.78 is 67.5. The molecule has 0 bridgehead atoms. The minimum Gasteiger partial charge on any atom is -0.364 e. The first-order valence-electron chi connectivity index (χ1n) is 14.8. The fraction of sp³-hybridized carbons (Fsp3) is 0.621. The van der Waals surface area contributed by atoms with E-state index in [4.69, 9.17) is 4.52 Å². The molecule has 236 valence electrons. The van der Waals surface area contributed by atoms with E-state index in [1.165, 1.54) is 36.2 Å². The van der Waals surface area contributed by atoms with E-state index in [1.807, 2.05) is 0 Å². The van der Waals surface area contributed by atoms with Gasteiger partial charge in [0.15, 0.2) is 5.65 Å². The van der Waals surface area contributed by atoms with Gasteiger partial charge in [0.1, 0.15) is 11.8 Å². The molecular weight excluding hydrogens is 575 g/mol. The molecule has 3 aromatic heterocycles. The number of nitrogens with zero attached hydrogens (tertiary/aromatic N) is 4. The van der Waals surface area contributed by atoms with Crippen LogP contribution in [0.2, 0.25) is 0 Å². The van der Waals surface area contributed by atoms with Gasteiger partial charge in [-0.1, -0.05) is 37.3 Å². The normalized spacial score (nSPS) is 17.5. The van der Waals surface area contributed by atoms with Crippen molar-refractivity contribution in [3.8, 4) is 0 Å². The molecule has 3 aliphatic rings. The third-order valence-corrected chi connectivity index (χ3v) is 7.25. The van der Waals surface area contributed by atoms with E-state index in [2.05, 4.69) is 25.9 Å². The van der Waals surface area contributed by atoms with Crippen molar-refractivity contribution in [2.24, 2.45) is 0 Å². The number of amides is 2. The number of hydrogen-bond acceptors (Lipinski definition) is 6. The van der Waals surface area contributed by atoms with Crippen LogP contribution in [0, 0.1) is 0 Å². The van der Waals surface area contributed by atoms with Gasteiger partial charge in [0.2, 0.25) is 11.8 Å². The van der Waals surface area contributed by atoms with Crippen molar-refractivity contribution in [3.63, 3.8) is 0 Å². The van der Waals surface area contributed by atoms with E-state index in [-0.39, 0.29) is 37.8 Å². The van der Waals surface area contributed by atoms with Crippen LogP contribution in [0.1, 0.15) is 117 Å². The van der Waals surface area contributed by atoms with E-state index >= 15 is 0 Å². The van der Waals surface area contributed by atoms with Crippen LogP contribution in [0.5, 0.6) is 0 Å². The summed E-state index contributed by atoms with van der Waals surface area (Å²) in [6, 6.07) is 1.66. The molecule has 43 heavy (non-hydrogen) atoms. The van der Waals surface area contributed by atoms with E-state index in [9.17, 15) is 31.5 Å². The number of alkyl halides is 5. The third kappa shape index (κ3) is 10.9. The first-order valence-corrected chi connectivity index (χ1v) is 14.8. The van der Waals surface area contributed by atoms with Gasteiger partial charge in [-0.15, -0.1) is 0 Å². The molecule has 0 atom stereocenters. The molecule has 0 radical (unpaired) electrons. The van der Waals surface area contributed by atoms with Crippen molar-refractivity contribution in [1.29, 1.82) is 0 Å². The van der Waals surface area contributed by atoms with Gasteiger partial charge >= 0.3 is 6.18 Å². The van der Waals surface area contributed by atoms with Crippen molar-refractivity contribution in [2.45, 2.75) is 115 Å². The number of imidazole rings is 1. The molecule has 3 heterocycles. The molecule has 0 saturated heterocycles. The van der Waals surface area contributed by atoms with Crippen LogP contribution in [0.15, 0.2) is 29.2 Å². The molecular formula is C29H37F5N6O3. The minimum atomic E-state index is -4.37. The highest BCUT2D eigenvalue weighted by Gasteiger charge is 2.30. The second-order valence-corrected chi connectivity index (χ2v) is 11.2. The van der Waals surface area contributed by atoms with Crippen LogP contribution >= 0.6 is 0 Å². The molecule has 3 saturated carbocycles. The maximum absolute atomic E-state index is 12.5. The summed E-state index contributed by atoms with van der Waals surface area (Å²) in [6.45, 7) is 0.206. The molecule has 3 aliphatic carbocycles. The summed E-state index contributed by atoms with van der Waals surface area (Å²) in [5.41, 5.74) is 2.76. The second-order valence-electron chi connectivity index (χ2n) is 11.2. The molecule has 2 N–H and O–H groups in total. The molecule has 14 heteroatoms. The highest BCUT2D eigenvalue weighted by Crippen LogP contribution is 2.37. The Morgan fingerprint density at radius 2 is 1.70 bits per heavy atom. The van der Waals surface area contributed by atoms with Crippen molar-refractivity contribution in [2.75, 3.05) is 0 Å². The average molecular weight is 613 g/mol. The Morgan fingerprint density at radius 3 is 2.28 bits per heavy atom. The second kappa shape index (κ2) is 14.7. The summed E-state index contributed by atoms with van der Waals surface area (Å²) in [5, 5.41) is 13.4. The topological polar surface area (TPSA) is 114 Å². The van der Waals surface area contributed by atoms with Crippen molar-refractivity contribution in [1.82, 2.24) is 30.4 Å². The number of carbonyl (C=O) groups excluding carboxylic acids is 2. The van der Waals surface area contributed by atoms with Gasteiger partial charge < -0.3 is 15.2 Å². The number of aromatic nitrogens is 4. The van der Waals surface area contributed by atoms with Gasteiger partial charge in [0.25, 0.3) is 5.91 Å². The summed E-state index contributed by atoms with van der Waals surface area (Å²) in [6.07, 6.45) is 8.61. The smallest absolute Gasteiger partial charge is 0.364 e. The van der Waals surface area contributed by atoms with Gasteiger partial charge in [0.05, 0.1) is 36.7 Å². The van der Waals surface area contributed by atoms with Crippen LogP contribution in [0.4, 0.5) is 22.0 Å². The molecule has 2 amide bonds. The SMILES string of the molecule is C1CC1.FC1(F)CCCCC1.O=C(CCC(F)(F)F)NCc1cnn2cc(CNC(=O)c3conc3C3CCC3)nc2c1. The van der Waals surface area contributed by atoms with Crippen LogP contribution in [0.25, 0.3) is 5.65 Å². The number of carbonyl (C=O) groups is 2. The maximum atomic E-state index is 12.5. The molecule has 0 unspecified atom stereocenters. The Kier molecular flexibility index (Phi) is 11.1. The summed E-state index contributed by atoms with van der Waals surface area (Å²) >= 11 is 0. The predicted octanol–water partition coefficient (Wildman–Crippen LogP) is 6.63. The van der Waals surface area contributed by atoms with Gasteiger partial charge in [-0.25, -0.2) is 18.3 Å². The van der Waals surface area contributed by atoms with E-state index < -0.39 is 30.8 Å². The molecule has 3 fully saturated rings. The molecule has 9 nitrogen and oxygen atoms in total. The van der Waals surface area contributed by atoms with E-state index in [0.717, 1.165) is 25.7 Å². The number of halogens is 5. The quantitative estimate of drug-likeness (QED) is 0.276. The van der Waals surface area contributed by atoms with Crippen LogP contribution < -0.4 is 10.6 Å². The highest BCUT2D eigenvalue weighted by molar-refractivity contribution is 5.95. The Labute approximate surface area is 246 Å². The van der Waals surface area contributed by atoms with Crippen molar-refractivity contribution in [3.05, 3.63) is 47.2 Å². The van der Waals surface area contributed by atoms with Gasteiger partial charge in [-0.3, -0.25) is 9.59 Å². The number of hydrogen-bond donors (Lipinski definition) is 2. The zero-order valence-corrected chi connectivity index (χ0v) is 23.9. The highest BCUT2D eigenvalue weighted by atomic mass is 19.4. The first kappa shape index (κ1) is 32.3. The lowest BCUT2D eigenvalue weighted by Crippen LogP contribution is -2.25. The van der Waals surface area contributed by atoms with Gasteiger partial charge in [0, 0.05) is 31.7 Å². The maximum Gasteiger partial charge on any atom is 0.389 e. The van der Waals surface area contributed by atoms with Crippen LogP contribution in [-0.4, -0.2) is 43.7 Å². The molecule has 0 aromatic carbocycles. The van der Waals surface area contributed by atoms with Crippen molar-refractivity contribution >= 4 is 17.5 Å². The van der Waals surface area contributed by atoms with E-state index in [1.54, 1.807) is 12.3 Å². The summed E-state index contributed by atoms with van der Waals surface area (Å²) in [4.78, 5) is 28.5. The van der Waals surface area contributed by atoms with Gasteiger partial charge in [-0.05, 0) is 37.3 Å². The molecule has 0 spiro atoms. The minimum absolute atomic E-state index is 0.0382. The first-order chi connectivity index (χ1) is 20.5. The fourth-order valence-electron chi connectivity index (χ4n) is 4.42. The zero-order valence-electron chi connectivity index (χ0n) is 23.9. The lowest BCUT2D eigenvalue weighted by molar-refractivity contribution is -0.144. The Balaban J connectivity index is 0.000000321. The van der Waals surface area contributed by atoms with Gasteiger partial charge in [-0.2, -0.15) is 18.3 Å². The standard InChI is InChI=1S/C20H21F3N6O3.C6H10F2.C3H6/c21-20(22,23)5-4-17(30)24-7-12-6-16-27-14(10-29(16)26-8-12)9-25-19(31)15-11-32-28-18(15)13-2-1-3-13;7-6(8)4-2-1-3-5-6;1-2-3-1/h6,8,10-11,13H,1-5,7,9H2,(H,24,30)(H,25,31);1-5H2;1-3H2. The number of nitrogens with one attached hydrogen (secondary N) is 2. The summed E-state index contributed by atoms with van der Waals surface area (Å²) in [5.74, 6) is -3.04. The van der Waals surface area contributed by atoms with Crippen molar-refractivity contribution < 1.29 is 36.1 Å². The zero-order chi connectivity index (χ0) is 30.9. The Bertz CT molecular complexity index is 1340. The average Bonchev–Trinajstić information content (AvgIpc) is 3.64.